The minimum absolute atomic E-state index is 0.0691. The molecule has 0 spiro atoms. The maximum Gasteiger partial charge on any atom is 0.407 e. The van der Waals surface area contributed by atoms with Gasteiger partial charge in [0.2, 0.25) is 20.0 Å². The van der Waals surface area contributed by atoms with Gasteiger partial charge in [-0.15, -0.1) is 0 Å². The van der Waals surface area contributed by atoms with Gasteiger partial charge in [-0.3, -0.25) is 0 Å². The van der Waals surface area contributed by atoms with Gasteiger partial charge in [0.15, 0.2) is 11.9 Å². The molecule has 2 aliphatic rings. The van der Waals surface area contributed by atoms with Crippen molar-refractivity contribution in [1.82, 2.24) is 19.5 Å². The number of rotatable bonds is 14. The molecule has 3 heterocycles. The molecule has 0 aliphatic carbocycles. The monoisotopic (exact) mass is 680 g/mol. The summed E-state index contributed by atoms with van der Waals surface area (Å²) >= 11 is 0. The maximum atomic E-state index is 14.1. The lowest BCUT2D eigenvalue weighted by Gasteiger charge is -2.31. The number of amides is 1. The van der Waals surface area contributed by atoms with E-state index in [0.717, 1.165) is 11.8 Å². The predicted octanol–water partition coefficient (Wildman–Crippen LogP) is 1.98. The van der Waals surface area contributed by atoms with Crippen LogP contribution >= 0.6 is 0 Å². The molecule has 14 nitrogen and oxygen atoms in total. The van der Waals surface area contributed by atoms with Crippen LogP contribution in [0.1, 0.15) is 31.5 Å². The number of aliphatic hydroxyl groups is 1. The number of fused-ring (bicyclic) bond motifs is 2. The summed E-state index contributed by atoms with van der Waals surface area (Å²) in [6, 6.07) is 12.5. The lowest BCUT2D eigenvalue weighted by molar-refractivity contribution is -0.0907. The molecule has 0 saturated carbocycles. The molecule has 0 bridgehead atoms. The molecule has 3 aromatic rings. The summed E-state index contributed by atoms with van der Waals surface area (Å²) in [4.78, 5) is 13.0. The number of ether oxygens (including phenoxy) is 3. The van der Waals surface area contributed by atoms with Gasteiger partial charge in [-0.2, -0.15) is 4.31 Å². The third-order valence-corrected chi connectivity index (χ3v) is 10.4. The Bertz CT molecular complexity index is 1720. The molecule has 46 heavy (non-hydrogen) atoms. The minimum Gasteiger partial charge on any atom is -0.443 e. The van der Waals surface area contributed by atoms with E-state index >= 15 is 0 Å². The van der Waals surface area contributed by atoms with Crippen LogP contribution < -0.4 is 10.0 Å². The van der Waals surface area contributed by atoms with E-state index < -0.39 is 50.7 Å². The molecule has 5 rings (SSSR count). The summed E-state index contributed by atoms with van der Waals surface area (Å²) < 4.78 is 76.9. The molecule has 3 N–H and O–H groups in total. The van der Waals surface area contributed by atoms with E-state index in [1.165, 1.54) is 22.5 Å². The van der Waals surface area contributed by atoms with Gasteiger partial charge >= 0.3 is 6.09 Å². The van der Waals surface area contributed by atoms with Crippen molar-refractivity contribution in [1.29, 1.82) is 0 Å². The highest BCUT2D eigenvalue weighted by atomic mass is 32.2. The highest BCUT2D eigenvalue weighted by Crippen LogP contribution is 2.33. The normalized spacial score (nSPS) is 21.5. The summed E-state index contributed by atoms with van der Waals surface area (Å²) in [6.07, 6.45) is -1.04. The van der Waals surface area contributed by atoms with Crippen LogP contribution in [0.25, 0.3) is 11.0 Å². The Kier molecular flexibility index (Phi) is 10.7. The van der Waals surface area contributed by atoms with E-state index in [0.29, 0.717) is 18.4 Å². The molecule has 252 valence electrons. The van der Waals surface area contributed by atoms with Crippen LogP contribution in [0.5, 0.6) is 0 Å². The fourth-order valence-corrected chi connectivity index (χ4v) is 7.69. The maximum absolute atomic E-state index is 14.1. The van der Waals surface area contributed by atoms with E-state index in [1.807, 2.05) is 44.2 Å². The average Bonchev–Trinajstić information content (AvgIpc) is 3.72. The Hall–Kier alpha value is -3.12. The van der Waals surface area contributed by atoms with Crippen LogP contribution in [0.2, 0.25) is 0 Å². The standard InChI is InChI=1S/C30H40N4O10S2/c1-19(2)16-34(46(39,40)21-9-10-27-23(14-21)25(33-44-27)15-31-45(3,37)38)17-26(35)24(13-20-7-5-4-6-8-20)32-30(36)43-28-18-42-29-22(28)11-12-41-29/h4-10,14,19,22,24,26,28-29,31,35H,11-13,15-18H2,1-3H3,(H,32,36)/t22-,24-,26+,28-,29+/m0/s1. The van der Waals surface area contributed by atoms with Crippen LogP contribution in [-0.4, -0.2) is 94.6 Å². The number of benzene rings is 2. The molecule has 5 atom stereocenters. The Balaban J connectivity index is 1.36. The molecule has 16 heteroatoms. The number of carbonyl (C=O) groups excluding carboxylic acids is 1. The number of sulfonamides is 2. The fourth-order valence-electron chi connectivity index (χ4n) is 5.64. The van der Waals surface area contributed by atoms with Crippen LogP contribution in [-0.2, 0) is 47.2 Å². The van der Waals surface area contributed by atoms with Crippen LogP contribution in [0, 0.1) is 11.8 Å². The summed E-state index contributed by atoms with van der Waals surface area (Å²) in [5.41, 5.74) is 1.34. The summed E-state index contributed by atoms with van der Waals surface area (Å²) in [7, 11) is -7.73. The van der Waals surface area contributed by atoms with Crippen molar-refractivity contribution in [2.24, 2.45) is 11.8 Å². The van der Waals surface area contributed by atoms with E-state index in [2.05, 4.69) is 15.2 Å². The highest BCUT2D eigenvalue weighted by Gasteiger charge is 2.44. The summed E-state index contributed by atoms with van der Waals surface area (Å²) in [5.74, 6) is -0.175. The third-order valence-electron chi connectivity index (χ3n) is 7.92. The second kappa shape index (κ2) is 14.3. The lowest BCUT2D eigenvalue weighted by atomic mass is 10.0. The van der Waals surface area contributed by atoms with Crippen molar-refractivity contribution in [2.75, 3.05) is 32.6 Å². The van der Waals surface area contributed by atoms with Gasteiger partial charge < -0.3 is 29.2 Å². The smallest absolute Gasteiger partial charge is 0.407 e. The van der Waals surface area contributed by atoms with E-state index in [4.69, 9.17) is 18.7 Å². The highest BCUT2D eigenvalue weighted by molar-refractivity contribution is 7.89. The first-order valence-corrected chi connectivity index (χ1v) is 18.4. The number of aromatic nitrogens is 1. The van der Waals surface area contributed by atoms with Gasteiger partial charge in [0, 0.05) is 18.5 Å². The first-order chi connectivity index (χ1) is 21.8. The Morgan fingerprint density at radius 1 is 1.11 bits per heavy atom. The van der Waals surface area contributed by atoms with Crippen molar-refractivity contribution in [3.05, 3.63) is 59.8 Å². The van der Waals surface area contributed by atoms with Crippen LogP contribution in [0.15, 0.2) is 57.9 Å². The quantitative estimate of drug-likeness (QED) is 0.226. The molecule has 2 aliphatic heterocycles. The van der Waals surface area contributed by atoms with E-state index in [-0.39, 0.29) is 60.7 Å². The largest absolute Gasteiger partial charge is 0.443 e. The van der Waals surface area contributed by atoms with Crippen molar-refractivity contribution >= 4 is 37.1 Å². The Morgan fingerprint density at radius 2 is 1.87 bits per heavy atom. The van der Waals surface area contributed by atoms with Crippen molar-refractivity contribution in [2.45, 2.75) is 62.7 Å². The minimum atomic E-state index is -4.19. The Labute approximate surface area is 268 Å². The number of hydrogen-bond acceptors (Lipinski definition) is 11. The number of nitrogens with zero attached hydrogens (tertiary/aromatic N) is 2. The molecule has 0 radical (unpaired) electrons. The molecule has 2 saturated heterocycles. The molecule has 1 aromatic heterocycles. The number of aliphatic hydroxyl groups excluding tert-OH is 1. The van der Waals surface area contributed by atoms with Gasteiger partial charge in [-0.25, -0.2) is 26.4 Å². The molecular weight excluding hydrogens is 640 g/mol. The second-order valence-electron chi connectivity index (χ2n) is 12.1. The van der Waals surface area contributed by atoms with Gasteiger partial charge in [0.25, 0.3) is 0 Å². The summed E-state index contributed by atoms with van der Waals surface area (Å²) in [6.45, 7) is 4.00. The molecule has 1 amide bonds. The van der Waals surface area contributed by atoms with Crippen LogP contribution in [0.4, 0.5) is 4.79 Å². The molecule has 2 fully saturated rings. The zero-order valence-electron chi connectivity index (χ0n) is 25.9. The third kappa shape index (κ3) is 8.42. The van der Waals surface area contributed by atoms with Crippen LogP contribution in [0.3, 0.4) is 0 Å². The first kappa shape index (κ1) is 34.2. The second-order valence-corrected chi connectivity index (χ2v) is 15.8. The predicted molar refractivity (Wildman–Crippen MR) is 166 cm³/mol. The van der Waals surface area contributed by atoms with Gasteiger partial charge in [-0.1, -0.05) is 49.3 Å². The lowest BCUT2D eigenvalue weighted by Crippen LogP contribution is -2.51. The van der Waals surface area contributed by atoms with Gasteiger partial charge in [0.1, 0.15) is 11.8 Å². The van der Waals surface area contributed by atoms with Gasteiger partial charge in [-0.05, 0) is 42.5 Å². The number of alkyl carbamates (subject to hydrolysis) is 1. The summed E-state index contributed by atoms with van der Waals surface area (Å²) in [5, 5.41) is 18.5. The molecule has 0 unspecified atom stereocenters. The van der Waals surface area contributed by atoms with Crippen molar-refractivity contribution in [3.63, 3.8) is 0 Å². The van der Waals surface area contributed by atoms with E-state index in [9.17, 15) is 26.7 Å². The fraction of sp³-hybridized carbons (Fsp3) is 0.533. The topological polar surface area (TPSA) is 187 Å². The zero-order valence-corrected chi connectivity index (χ0v) is 27.5. The first-order valence-electron chi connectivity index (χ1n) is 15.1. The zero-order chi connectivity index (χ0) is 33.1. The number of hydrogen-bond donors (Lipinski definition) is 3. The number of carbonyl (C=O) groups is 1. The Morgan fingerprint density at radius 3 is 2.59 bits per heavy atom. The van der Waals surface area contributed by atoms with Gasteiger partial charge in [0.05, 0.1) is 49.0 Å². The molecular formula is C30H40N4O10S2. The van der Waals surface area contributed by atoms with E-state index in [1.54, 1.807) is 0 Å². The van der Waals surface area contributed by atoms with Crippen molar-refractivity contribution in [3.8, 4) is 0 Å². The average molecular weight is 681 g/mol. The number of nitrogens with one attached hydrogen (secondary N) is 2. The van der Waals surface area contributed by atoms with Crippen molar-refractivity contribution < 1.29 is 45.5 Å². The molecule has 2 aromatic carbocycles. The SMILES string of the molecule is CC(C)CN(C[C@@H](O)[C@H](Cc1ccccc1)NC(=O)O[C@H]1CO[C@H]2OCC[C@H]21)S(=O)(=O)c1ccc2onc(CNS(C)(=O)=O)c2c1.